The molecule has 5 nitrogen and oxygen atoms in total. The van der Waals surface area contributed by atoms with Crippen LogP contribution in [0.1, 0.15) is 17.0 Å². The van der Waals surface area contributed by atoms with Crippen LogP contribution in [-0.4, -0.2) is 23.6 Å². The number of nitrogens with two attached hydrogens (primary N) is 1. The molecule has 0 saturated heterocycles. The molecule has 2 aromatic rings. The van der Waals surface area contributed by atoms with E-state index in [1.54, 1.807) is 7.11 Å². The van der Waals surface area contributed by atoms with E-state index in [1.165, 1.54) is 17.5 Å². The number of fused-ring (bicyclic) bond motifs is 1. The van der Waals surface area contributed by atoms with Crippen LogP contribution < -0.4 is 15.8 Å². The summed E-state index contributed by atoms with van der Waals surface area (Å²) in [5.41, 5.74) is 8.59. The van der Waals surface area contributed by atoms with Gasteiger partial charge >= 0.3 is 0 Å². The maximum atomic E-state index is 5.75. The molecule has 3 rings (SSSR count). The first-order valence-electron chi connectivity index (χ1n) is 6.25. The van der Waals surface area contributed by atoms with E-state index in [0.717, 1.165) is 13.0 Å². The standard InChI is InChI=1S/C14H16N4O/c1-19-12-13(15)17-8-18-14(12)16-7-10-6-9-4-2-3-5-11(9)10/h2-5,8,10H,6-7H2,1H3,(H3,15,16,17,18). The van der Waals surface area contributed by atoms with Gasteiger partial charge in [0, 0.05) is 12.5 Å². The molecule has 98 valence electrons. The Hall–Kier alpha value is -2.30. The molecular formula is C14H16N4O. The number of nitrogens with one attached hydrogen (secondary N) is 1. The van der Waals surface area contributed by atoms with Gasteiger partial charge in [0.2, 0.25) is 5.75 Å². The summed E-state index contributed by atoms with van der Waals surface area (Å²) < 4.78 is 5.22. The van der Waals surface area contributed by atoms with Gasteiger partial charge in [-0.05, 0) is 17.5 Å². The average molecular weight is 256 g/mol. The number of hydrogen-bond acceptors (Lipinski definition) is 5. The van der Waals surface area contributed by atoms with Gasteiger partial charge in [-0.25, -0.2) is 9.97 Å². The van der Waals surface area contributed by atoms with Crippen molar-refractivity contribution in [2.45, 2.75) is 12.3 Å². The van der Waals surface area contributed by atoms with Crippen molar-refractivity contribution in [3.05, 3.63) is 41.7 Å². The predicted octanol–water partition coefficient (Wildman–Crippen LogP) is 1.82. The molecule has 5 heteroatoms. The van der Waals surface area contributed by atoms with Gasteiger partial charge in [-0.2, -0.15) is 0 Å². The van der Waals surface area contributed by atoms with Crippen molar-refractivity contribution in [2.24, 2.45) is 0 Å². The molecule has 1 aromatic carbocycles. The minimum absolute atomic E-state index is 0.356. The van der Waals surface area contributed by atoms with Crippen LogP contribution >= 0.6 is 0 Å². The maximum absolute atomic E-state index is 5.75. The second-order valence-corrected chi connectivity index (χ2v) is 4.62. The number of nitrogens with zero attached hydrogens (tertiary/aromatic N) is 2. The summed E-state index contributed by atoms with van der Waals surface area (Å²) in [6.07, 6.45) is 2.54. The van der Waals surface area contributed by atoms with Crippen LogP contribution in [-0.2, 0) is 6.42 Å². The molecule has 0 aliphatic heterocycles. The zero-order valence-electron chi connectivity index (χ0n) is 10.8. The molecule has 0 amide bonds. The van der Waals surface area contributed by atoms with Crippen LogP contribution in [0.25, 0.3) is 0 Å². The monoisotopic (exact) mass is 256 g/mol. The van der Waals surface area contributed by atoms with E-state index < -0.39 is 0 Å². The zero-order valence-corrected chi connectivity index (χ0v) is 10.8. The number of rotatable bonds is 4. The lowest BCUT2D eigenvalue weighted by atomic mass is 9.77. The number of benzene rings is 1. The molecule has 0 radical (unpaired) electrons. The zero-order chi connectivity index (χ0) is 13.2. The quantitative estimate of drug-likeness (QED) is 0.873. The van der Waals surface area contributed by atoms with Gasteiger partial charge in [0.1, 0.15) is 6.33 Å². The lowest BCUT2D eigenvalue weighted by Gasteiger charge is -2.30. The number of aromatic nitrogens is 2. The molecule has 1 aromatic heterocycles. The van der Waals surface area contributed by atoms with Crippen molar-refractivity contribution in [1.29, 1.82) is 0 Å². The molecule has 0 bridgehead atoms. The molecule has 1 atom stereocenters. The number of anilines is 2. The fraction of sp³-hybridized carbons (Fsp3) is 0.286. The van der Waals surface area contributed by atoms with E-state index in [4.69, 9.17) is 10.5 Å². The van der Waals surface area contributed by atoms with Crippen LogP contribution in [0.3, 0.4) is 0 Å². The van der Waals surface area contributed by atoms with E-state index in [2.05, 4.69) is 39.6 Å². The number of hydrogen-bond donors (Lipinski definition) is 2. The Morgan fingerprint density at radius 1 is 1.37 bits per heavy atom. The van der Waals surface area contributed by atoms with Crippen LogP contribution in [0, 0.1) is 0 Å². The molecule has 3 N–H and O–H groups in total. The van der Waals surface area contributed by atoms with Gasteiger partial charge in [0.05, 0.1) is 7.11 Å². The van der Waals surface area contributed by atoms with E-state index in [-0.39, 0.29) is 0 Å². The van der Waals surface area contributed by atoms with Gasteiger partial charge in [-0.15, -0.1) is 0 Å². The minimum atomic E-state index is 0.356. The lowest BCUT2D eigenvalue weighted by Crippen LogP contribution is -2.24. The minimum Gasteiger partial charge on any atom is -0.490 e. The highest BCUT2D eigenvalue weighted by atomic mass is 16.5. The summed E-state index contributed by atoms with van der Waals surface area (Å²) >= 11 is 0. The smallest absolute Gasteiger partial charge is 0.203 e. The molecule has 0 saturated carbocycles. The number of ether oxygens (including phenoxy) is 1. The highest BCUT2D eigenvalue weighted by Gasteiger charge is 2.25. The second-order valence-electron chi connectivity index (χ2n) is 4.62. The molecule has 19 heavy (non-hydrogen) atoms. The first kappa shape index (κ1) is 11.8. The lowest BCUT2D eigenvalue weighted by molar-refractivity contribution is 0.415. The molecule has 1 heterocycles. The van der Waals surface area contributed by atoms with Gasteiger partial charge in [-0.1, -0.05) is 24.3 Å². The molecule has 1 aliphatic carbocycles. The van der Waals surface area contributed by atoms with E-state index in [1.807, 2.05) is 0 Å². The highest BCUT2D eigenvalue weighted by molar-refractivity contribution is 5.61. The number of methoxy groups -OCH3 is 1. The first-order chi connectivity index (χ1) is 9.29. The Balaban J connectivity index is 1.70. The van der Waals surface area contributed by atoms with Gasteiger partial charge in [-0.3, -0.25) is 0 Å². The topological polar surface area (TPSA) is 73.1 Å². The summed E-state index contributed by atoms with van der Waals surface area (Å²) in [5.74, 6) is 2.04. The fourth-order valence-corrected chi connectivity index (χ4v) is 2.48. The highest BCUT2D eigenvalue weighted by Crippen LogP contribution is 2.35. The molecule has 0 spiro atoms. The van der Waals surface area contributed by atoms with Crippen molar-refractivity contribution in [2.75, 3.05) is 24.7 Å². The van der Waals surface area contributed by atoms with Crippen molar-refractivity contribution >= 4 is 11.6 Å². The van der Waals surface area contributed by atoms with E-state index in [0.29, 0.717) is 23.3 Å². The van der Waals surface area contributed by atoms with Crippen LogP contribution in [0.15, 0.2) is 30.6 Å². The Morgan fingerprint density at radius 3 is 3.00 bits per heavy atom. The normalized spacial score (nSPS) is 16.4. The Labute approximate surface area is 111 Å². The Morgan fingerprint density at radius 2 is 2.21 bits per heavy atom. The largest absolute Gasteiger partial charge is 0.490 e. The summed E-state index contributed by atoms with van der Waals surface area (Å²) in [6, 6.07) is 8.51. The average Bonchev–Trinajstić information content (AvgIpc) is 2.40. The van der Waals surface area contributed by atoms with E-state index in [9.17, 15) is 0 Å². The van der Waals surface area contributed by atoms with Gasteiger partial charge in [0.25, 0.3) is 0 Å². The van der Waals surface area contributed by atoms with Crippen molar-refractivity contribution < 1.29 is 4.74 Å². The van der Waals surface area contributed by atoms with Gasteiger partial charge < -0.3 is 15.8 Å². The first-order valence-corrected chi connectivity index (χ1v) is 6.25. The van der Waals surface area contributed by atoms with Crippen molar-refractivity contribution in [3.8, 4) is 5.75 Å². The molecule has 0 fully saturated rings. The summed E-state index contributed by atoms with van der Waals surface area (Å²) in [7, 11) is 1.57. The maximum Gasteiger partial charge on any atom is 0.203 e. The van der Waals surface area contributed by atoms with Crippen molar-refractivity contribution in [1.82, 2.24) is 9.97 Å². The summed E-state index contributed by atoms with van der Waals surface area (Å²) in [4.78, 5) is 8.08. The summed E-state index contributed by atoms with van der Waals surface area (Å²) in [5, 5.41) is 3.29. The molecule has 1 aliphatic rings. The Kier molecular flexibility index (Phi) is 2.95. The third kappa shape index (κ3) is 2.07. The fourth-order valence-electron chi connectivity index (χ4n) is 2.48. The summed E-state index contributed by atoms with van der Waals surface area (Å²) in [6.45, 7) is 0.823. The second kappa shape index (κ2) is 4.76. The predicted molar refractivity (Wildman–Crippen MR) is 74.4 cm³/mol. The van der Waals surface area contributed by atoms with Gasteiger partial charge in [0.15, 0.2) is 11.6 Å². The third-order valence-corrected chi connectivity index (χ3v) is 3.51. The van der Waals surface area contributed by atoms with Crippen LogP contribution in [0.5, 0.6) is 5.75 Å². The van der Waals surface area contributed by atoms with Crippen LogP contribution in [0.4, 0.5) is 11.6 Å². The third-order valence-electron chi connectivity index (χ3n) is 3.51. The molecular weight excluding hydrogens is 240 g/mol. The Bertz CT molecular complexity index is 600. The van der Waals surface area contributed by atoms with Crippen LogP contribution in [0.2, 0.25) is 0 Å². The number of nitrogen functional groups attached to an aromatic ring is 1. The van der Waals surface area contributed by atoms with Crippen molar-refractivity contribution in [3.63, 3.8) is 0 Å². The SMILES string of the molecule is COc1c(N)ncnc1NCC1Cc2ccccc21. The van der Waals surface area contributed by atoms with E-state index >= 15 is 0 Å². The molecule has 1 unspecified atom stereocenters.